The maximum Gasteiger partial charge on any atom is 0.222 e. The zero-order valence-electron chi connectivity index (χ0n) is 19.3. The van der Waals surface area contributed by atoms with Crippen molar-refractivity contribution < 1.29 is 19.1 Å². The van der Waals surface area contributed by atoms with E-state index >= 15 is 0 Å². The summed E-state index contributed by atoms with van der Waals surface area (Å²) in [6.45, 7) is 0. The minimum Gasteiger partial charge on any atom is -0.457 e. The van der Waals surface area contributed by atoms with Gasteiger partial charge in [-0.05, 0) is 24.3 Å². The number of primary amides is 2. The van der Waals surface area contributed by atoms with Crippen LogP contribution in [0.5, 0.6) is 23.0 Å². The van der Waals surface area contributed by atoms with E-state index < -0.39 is 35.5 Å². The molecule has 4 aromatic carbocycles. The molecule has 0 bridgehead atoms. The number of carbonyl (C=O) groups excluding carboxylic acids is 2. The van der Waals surface area contributed by atoms with Gasteiger partial charge in [0.15, 0.2) is 0 Å². The van der Waals surface area contributed by atoms with Crippen molar-refractivity contribution in [2.45, 2.75) is 11.8 Å². The smallest absolute Gasteiger partial charge is 0.222 e. The number of nitrogens with two attached hydrogens (primary N) is 2. The average molecular weight is 477 g/mol. The predicted octanol–water partition coefficient (Wildman–Crippen LogP) is 5.07. The van der Waals surface area contributed by atoms with Crippen LogP contribution in [-0.2, 0) is 9.59 Å². The van der Waals surface area contributed by atoms with E-state index in [4.69, 9.17) is 20.9 Å². The van der Waals surface area contributed by atoms with Gasteiger partial charge in [0, 0.05) is 34.1 Å². The van der Waals surface area contributed by atoms with E-state index in [1.54, 1.807) is 0 Å². The minimum absolute atomic E-state index is 0.525. The summed E-state index contributed by atoms with van der Waals surface area (Å²) >= 11 is 0. The van der Waals surface area contributed by atoms with Gasteiger partial charge in [-0.2, -0.15) is 0 Å². The molecular weight excluding hydrogens is 452 g/mol. The number of rotatable bonds is 5. The van der Waals surface area contributed by atoms with Gasteiger partial charge in [-0.3, -0.25) is 9.59 Å². The monoisotopic (exact) mass is 476 g/mol. The highest BCUT2D eigenvalue weighted by Gasteiger charge is 2.48. The second-order valence-corrected chi connectivity index (χ2v) is 9.17. The van der Waals surface area contributed by atoms with Gasteiger partial charge in [-0.25, -0.2) is 0 Å². The summed E-state index contributed by atoms with van der Waals surface area (Å²) in [5.41, 5.74) is 15.5. The number of carbonyl (C=O) groups is 2. The number of hydrogen-bond donors (Lipinski definition) is 2. The highest BCUT2D eigenvalue weighted by Crippen LogP contribution is 2.54. The summed E-state index contributed by atoms with van der Waals surface area (Å²) in [6.07, 6.45) is 0. The third kappa shape index (κ3) is 3.41. The molecule has 0 aliphatic carbocycles. The number of fused-ring (bicyclic) bond motifs is 4. The van der Waals surface area contributed by atoms with Crippen LogP contribution in [0.15, 0.2) is 97.1 Å². The highest BCUT2D eigenvalue weighted by atomic mass is 16.5. The van der Waals surface area contributed by atoms with Crippen LogP contribution < -0.4 is 20.9 Å². The molecule has 2 heterocycles. The van der Waals surface area contributed by atoms with Crippen molar-refractivity contribution in [3.05, 3.63) is 119 Å². The van der Waals surface area contributed by atoms with E-state index in [1.165, 1.54) is 0 Å². The number of amides is 2. The first-order chi connectivity index (χ1) is 17.5. The van der Waals surface area contributed by atoms with Gasteiger partial charge in [-0.15, -0.1) is 0 Å². The maximum absolute atomic E-state index is 13.4. The van der Waals surface area contributed by atoms with E-state index in [-0.39, 0.29) is 0 Å². The summed E-state index contributed by atoms with van der Waals surface area (Å²) in [6, 6.07) is 30.1. The molecule has 0 fully saturated rings. The molecule has 2 aliphatic rings. The SMILES string of the molecule is NC(=O)C(C1c2ccccc2Oc2ccccc21)C(C(N)=O)C1c2ccccc2Oc2ccccc21. The molecule has 36 heavy (non-hydrogen) atoms. The van der Waals surface area contributed by atoms with E-state index in [0.717, 1.165) is 22.3 Å². The fourth-order valence-electron chi connectivity index (χ4n) is 5.76. The first-order valence-electron chi connectivity index (χ1n) is 11.8. The van der Waals surface area contributed by atoms with Crippen LogP contribution in [0.1, 0.15) is 34.1 Å². The molecule has 2 unspecified atom stereocenters. The second-order valence-electron chi connectivity index (χ2n) is 9.17. The summed E-state index contributed by atoms with van der Waals surface area (Å²) in [7, 11) is 0. The van der Waals surface area contributed by atoms with Gasteiger partial charge in [0.2, 0.25) is 11.8 Å². The van der Waals surface area contributed by atoms with Crippen molar-refractivity contribution in [3.8, 4) is 23.0 Å². The number of benzene rings is 4. The van der Waals surface area contributed by atoms with E-state index in [0.29, 0.717) is 23.0 Å². The lowest BCUT2D eigenvalue weighted by molar-refractivity contribution is -0.132. The van der Waals surface area contributed by atoms with Crippen molar-refractivity contribution in [2.75, 3.05) is 0 Å². The Morgan fingerprint density at radius 2 is 0.750 bits per heavy atom. The van der Waals surface area contributed by atoms with Crippen molar-refractivity contribution >= 4 is 11.8 Å². The topological polar surface area (TPSA) is 105 Å². The Balaban J connectivity index is 1.60. The van der Waals surface area contributed by atoms with Crippen LogP contribution in [0.2, 0.25) is 0 Å². The maximum atomic E-state index is 13.4. The molecule has 0 radical (unpaired) electrons. The number of ether oxygens (including phenoxy) is 2. The molecule has 0 saturated heterocycles. The molecular formula is C30H24N2O4. The molecule has 0 aromatic heterocycles. The second kappa shape index (κ2) is 8.57. The molecule has 2 atom stereocenters. The lowest BCUT2D eigenvalue weighted by Gasteiger charge is -2.40. The first-order valence-corrected chi connectivity index (χ1v) is 11.8. The zero-order chi connectivity index (χ0) is 24.8. The molecule has 0 spiro atoms. The molecule has 6 heteroatoms. The molecule has 6 nitrogen and oxygen atoms in total. The molecule has 2 aliphatic heterocycles. The largest absolute Gasteiger partial charge is 0.457 e. The molecule has 4 N–H and O–H groups in total. The standard InChI is InChI=1S/C30H24N2O4/c31-29(33)27(25-17-9-1-5-13-21(17)35-22-14-6-2-10-18(22)25)28(30(32)34)26-19-11-3-7-15-23(19)36-24-16-8-4-12-20(24)26/h1-16,25-28H,(H2,31,33)(H2,32,34). The summed E-state index contributed by atoms with van der Waals surface area (Å²) in [5.74, 6) is -1.63. The zero-order valence-corrected chi connectivity index (χ0v) is 19.3. The van der Waals surface area contributed by atoms with Gasteiger partial charge in [0.05, 0.1) is 11.8 Å². The lowest BCUT2D eigenvalue weighted by Crippen LogP contribution is -2.45. The Hall–Kier alpha value is -4.58. The van der Waals surface area contributed by atoms with E-state index in [9.17, 15) is 9.59 Å². The summed E-state index contributed by atoms with van der Waals surface area (Å²) in [5, 5.41) is 0. The van der Waals surface area contributed by atoms with Crippen molar-refractivity contribution in [3.63, 3.8) is 0 Å². The summed E-state index contributed by atoms with van der Waals surface area (Å²) < 4.78 is 12.3. The number of para-hydroxylation sites is 4. The molecule has 178 valence electrons. The third-order valence-electron chi connectivity index (χ3n) is 7.22. The average Bonchev–Trinajstić information content (AvgIpc) is 2.89. The molecule has 4 aromatic rings. The molecule has 0 saturated carbocycles. The van der Waals surface area contributed by atoms with Crippen molar-refractivity contribution in [1.29, 1.82) is 0 Å². The highest BCUT2D eigenvalue weighted by molar-refractivity contribution is 5.89. The quantitative estimate of drug-likeness (QED) is 0.420. The van der Waals surface area contributed by atoms with E-state index in [1.807, 2.05) is 97.1 Å². The van der Waals surface area contributed by atoms with Gasteiger partial charge in [0.25, 0.3) is 0 Å². The lowest BCUT2D eigenvalue weighted by atomic mass is 9.65. The van der Waals surface area contributed by atoms with Crippen molar-refractivity contribution in [1.82, 2.24) is 0 Å². The van der Waals surface area contributed by atoms with Gasteiger partial charge in [0.1, 0.15) is 23.0 Å². The van der Waals surface area contributed by atoms with Crippen LogP contribution in [0.3, 0.4) is 0 Å². The molecule has 6 rings (SSSR count). The third-order valence-corrected chi connectivity index (χ3v) is 7.22. The fraction of sp³-hybridized carbons (Fsp3) is 0.133. The van der Waals surface area contributed by atoms with Gasteiger partial charge in [-0.1, -0.05) is 72.8 Å². The Morgan fingerprint density at radius 3 is 1.00 bits per heavy atom. The van der Waals surface area contributed by atoms with Crippen LogP contribution in [-0.4, -0.2) is 11.8 Å². The Morgan fingerprint density at radius 1 is 0.500 bits per heavy atom. The minimum atomic E-state index is -0.946. The van der Waals surface area contributed by atoms with E-state index in [2.05, 4.69) is 0 Å². The summed E-state index contributed by atoms with van der Waals surface area (Å²) in [4.78, 5) is 26.7. The van der Waals surface area contributed by atoms with Crippen LogP contribution >= 0.6 is 0 Å². The van der Waals surface area contributed by atoms with Crippen LogP contribution in [0, 0.1) is 11.8 Å². The Kier molecular flexibility index (Phi) is 5.22. The predicted molar refractivity (Wildman–Crippen MR) is 135 cm³/mol. The Labute approximate surface area is 208 Å². The molecule has 2 amide bonds. The van der Waals surface area contributed by atoms with Crippen LogP contribution in [0.25, 0.3) is 0 Å². The number of hydrogen-bond acceptors (Lipinski definition) is 4. The fourth-order valence-corrected chi connectivity index (χ4v) is 5.76. The normalized spacial score (nSPS) is 15.7. The van der Waals surface area contributed by atoms with Crippen LogP contribution in [0.4, 0.5) is 0 Å². The Bertz CT molecular complexity index is 1290. The van der Waals surface area contributed by atoms with Crippen molar-refractivity contribution in [2.24, 2.45) is 23.3 Å². The van der Waals surface area contributed by atoms with Gasteiger partial charge < -0.3 is 20.9 Å². The first kappa shape index (κ1) is 21.9. The van der Waals surface area contributed by atoms with Gasteiger partial charge >= 0.3 is 0 Å².